The molecule has 1 saturated heterocycles. The number of nitrogens with zero attached hydrogens (tertiary/aromatic N) is 2. The predicted molar refractivity (Wildman–Crippen MR) is 89.8 cm³/mol. The van der Waals surface area contributed by atoms with Gasteiger partial charge in [-0.2, -0.15) is 0 Å². The summed E-state index contributed by atoms with van der Waals surface area (Å²) in [6.45, 7) is 1.69. The van der Waals surface area contributed by atoms with E-state index in [9.17, 15) is 22.8 Å². The van der Waals surface area contributed by atoms with Gasteiger partial charge >= 0.3 is 5.69 Å². The number of aromatic nitrogens is 2. The number of carbonyl (C=O) groups is 1. The summed E-state index contributed by atoms with van der Waals surface area (Å²) in [5.74, 6) is -0.968. The third-order valence-corrected chi connectivity index (χ3v) is 5.99. The van der Waals surface area contributed by atoms with Crippen LogP contribution in [0.3, 0.4) is 0 Å². The summed E-state index contributed by atoms with van der Waals surface area (Å²) in [6, 6.07) is -0.457. The van der Waals surface area contributed by atoms with E-state index in [1.807, 2.05) is 0 Å². The lowest BCUT2D eigenvalue weighted by Gasteiger charge is -2.21. The van der Waals surface area contributed by atoms with Gasteiger partial charge in [0.2, 0.25) is 15.9 Å². The summed E-state index contributed by atoms with van der Waals surface area (Å²) in [7, 11) is -0.523. The molecule has 1 fully saturated rings. The van der Waals surface area contributed by atoms with Crippen LogP contribution in [0.15, 0.2) is 15.8 Å². The van der Waals surface area contributed by atoms with Crippen LogP contribution in [-0.4, -0.2) is 67.3 Å². The van der Waals surface area contributed by atoms with Crippen molar-refractivity contribution in [3.05, 3.63) is 32.6 Å². The Morgan fingerprint density at radius 2 is 2.08 bits per heavy atom. The van der Waals surface area contributed by atoms with Gasteiger partial charge in [0.25, 0.3) is 5.56 Å². The lowest BCUT2D eigenvalue weighted by atomic mass is 10.1. The molecule has 0 bridgehead atoms. The third-order valence-electron chi connectivity index (χ3n) is 4.03. The number of hydrogen-bond acceptors (Lipinski definition) is 6. The van der Waals surface area contributed by atoms with Crippen molar-refractivity contribution in [3.8, 4) is 0 Å². The number of aromatic amines is 1. The van der Waals surface area contributed by atoms with Gasteiger partial charge < -0.3 is 10.1 Å². The molecule has 25 heavy (non-hydrogen) atoms. The first-order chi connectivity index (χ1) is 11.6. The van der Waals surface area contributed by atoms with E-state index >= 15 is 0 Å². The average Bonchev–Trinajstić information content (AvgIpc) is 2.90. The highest BCUT2D eigenvalue weighted by atomic mass is 32.2. The molecule has 0 saturated carbocycles. The van der Waals surface area contributed by atoms with Crippen molar-refractivity contribution in [2.45, 2.75) is 19.5 Å². The summed E-state index contributed by atoms with van der Waals surface area (Å²) >= 11 is 0. The van der Waals surface area contributed by atoms with Crippen LogP contribution >= 0.6 is 0 Å². The van der Waals surface area contributed by atoms with E-state index in [1.165, 1.54) is 27.2 Å². The predicted octanol–water partition coefficient (Wildman–Crippen LogP) is -2.13. The third kappa shape index (κ3) is 4.77. The zero-order chi connectivity index (χ0) is 18.8. The SMILES string of the molecule is Cc1cn(CC(=O)N[C@H]2COC[C@H]2CS(=O)(=O)N(C)C)c(=O)[nH]c1=O. The molecule has 0 aliphatic carbocycles. The maximum absolute atomic E-state index is 12.2. The number of carbonyl (C=O) groups excluding carboxylic acids is 1. The maximum atomic E-state index is 12.2. The van der Waals surface area contributed by atoms with Gasteiger partial charge in [0.15, 0.2) is 0 Å². The number of amides is 1. The van der Waals surface area contributed by atoms with Gasteiger partial charge in [0.1, 0.15) is 6.54 Å². The van der Waals surface area contributed by atoms with Crippen LogP contribution in [0.5, 0.6) is 0 Å². The highest BCUT2D eigenvalue weighted by molar-refractivity contribution is 7.89. The molecule has 0 radical (unpaired) electrons. The van der Waals surface area contributed by atoms with Gasteiger partial charge in [-0.25, -0.2) is 17.5 Å². The van der Waals surface area contributed by atoms with E-state index in [-0.39, 0.29) is 31.4 Å². The smallest absolute Gasteiger partial charge is 0.328 e. The molecule has 1 aromatic rings. The lowest BCUT2D eigenvalue weighted by Crippen LogP contribution is -2.45. The second-order valence-electron chi connectivity index (χ2n) is 6.23. The molecular weight excluding hydrogens is 352 g/mol. The second-order valence-corrected chi connectivity index (χ2v) is 8.46. The number of sulfonamides is 1. The topological polar surface area (TPSA) is 131 Å². The molecule has 1 aliphatic rings. The quantitative estimate of drug-likeness (QED) is 0.585. The highest BCUT2D eigenvalue weighted by Crippen LogP contribution is 2.17. The zero-order valence-electron chi connectivity index (χ0n) is 14.3. The molecule has 0 unspecified atom stereocenters. The number of ether oxygens (including phenoxy) is 1. The van der Waals surface area contributed by atoms with Crippen LogP contribution in [0.1, 0.15) is 5.56 Å². The first-order valence-corrected chi connectivity index (χ1v) is 9.28. The van der Waals surface area contributed by atoms with Gasteiger partial charge in [0, 0.05) is 31.8 Å². The van der Waals surface area contributed by atoms with E-state index in [2.05, 4.69) is 10.3 Å². The molecule has 2 heterocycles. The Morgan fingerprint density at radius 1 is 1.40 bits per heavy atom. The number of rotatable bonds is 6. The number of hydrogen-bond donors (Lipinski definition) is 2. The Kier molecular flexibility index (Phi) is 5.80. The lowest BCUT2D eigenvalue weighted by molar-refractivity contribution is -0.122. The van der Waals surface area contributed by atoms with Crippen LogP contribution < -0.4 is 16.6 Å². The Bertz CT molecular complexity index is 857. The minimum absolute atomic E-state index is 0.136. The van der Waals surface area contributed by atoms with Crippen LogP contribution in [-0.2, 0) is 26.1 Å². The molecule has 10 nitrogen and oxygen atoms in total. The van der Waals surface area contributed by atoms with E-state index in [1.54, 1.807) is 0 Å². The van der Waals surface area contributed by atoms with Gasteiger partial charge in [-0.15, -0.1) is 0 Å². The van der Waals surface area contributed by atoms with E-state index in [0.29, 0.717) is 5.56 Å². The molecule has 2 rings (SSSR count). The van der Waals surface area contributed by atoms with E-state index < -0.39 is 33.2 Å². The Labute approximate surface area is 144 Å². The summed E-state index contributed by atoms with van der Waals surface area (Å²) in [5.41, 5.74) is -0.869. The fourth-order valence-electron chi connectivity index (χ4n) is 2.49. The van der Waals surface area contributed by atoms with Crippen molar-refractivity contribution in [2.75, 3.05) is 33.1 Å². The van der Waals surface area contributed by atoms with Crippen LogP contribution in [0.25, 0.3) is 0 Å². The number of aryl methyl sites for hydroxylation is 1. The Morgan fingerprint density at radius 3 is 2.72 bits per heavy atom. The van der Waals surface area contributed by atoms with Crippen LogP contribution in [0, 0.1) is 12.8 Å². The Hall–Kier alpha value is -1.98. The number of H-pyrrole nitrogens is 1. The normalized spacial score (nSPS) is 20.8. The van der Waals surface area contributed by atoms with Gasteiger partial charge in [-0.1, -0.05) is 0 Å². The largest absolute Gasteiger partial charge is 0.379 e. The van der Waals surface area contributed by atoms with Crippen LogP contribution in [0.4, 0.5) is 0 Å². The first kappa shape index (κ1) is 19.3. The molecule has 1 aliphatic heterocycles. The average molecular weight is 374 g/mol. The minimum atomic E-state index is -3.42. The minimum Gasteiger partial charge on any atom is -0.379 e. The Balaban J connectivity index is 2.03. The van der Waals surface area contributed by atoms with Gasteiger partial charge in [0.05, 0.1) is 25.0 Å². The second kappa shape index (κ2) is 7.50. The van der Waals surface area contributed by atoms with Crippen molar-refractivity contribution in [2.24, 2.45) is 5.92 Å². The standard InChI is InChI=1S/C14H22N4O6S/c1-9-4-18(14(21)16-13(9)20)5-12(19)15-11-7-24-6-10(11)8-25(22,23)17(2)3/h4,10-11H,5-8H2,1-3H3,(H,15,19)(H,16,20,21)/t10-,11-/m0/s1. The first-order valence-electron chi connectivity index (χ1n) is 7.68. The maximum Gasteiger partial charge on any atom is 0.328 e. The van der Waals surface area contributed by atoms with E-state index in [4.69, 9.17) is 4.74 Å². The van der Waals surface area contributed by atoms with Crippen LogP contribution in [0.2, 0.25) is 0 Å². The molecule has 1 aromatic heterocycles. The fourth-order valence-corrected chi connectivity index (χ4v) is 3.65. The molecule has 2 N–H and O–H groups in total. The van der Waals surface area contributed by atoms with Gasteiger partial charge in [-0.05, 0) is 6.92 Å². The van der Waals surface area contributed by atoms with Gasteiger partial charge in [-0.3, -0.25) is 19.1 Å². The summed E-state index contributed by atoms with van der Waals surface area (Å²) in [5, 5.41) is 2.70. The molecule has 0 aromatic carbocycles. The molecular formula is C14H22N4O6S. The number of nitrogens with one attached hydrogen (secondary N) is 2. The molecule has 11 heteroatoms. The van der Waals surface area contributed by atoms with Crippen molar-refractivity contribution >= 4 is 15.9 Å². The van der Waals surface area contributed by atoms with E-state index in [0.717, 1.165) is 8.87 Å². The summed E-state index contributed by atoms with van der Waals surface area (Å²) in [6.07, 6.45) is 1.31. The molecule has 140 valence electrons. The van der Waals surface area contributed by atoms with Crippen molar-refractivity contribution in [1.29, 1.82) is 0 Å². The monoisotopic (exact) mass is 374 g/mol. The van der Waals surface area contributed by atoms with Crippen molar-refractivity contribution in [3.63, 3.8) is 0 Å². The molecule has 1 amide bonds. The van der Waals surface area contributed by atoms with Crippen molar-refractivity contribution < 1.29 is 17.9 Å². The zero-order valence-corrected chi connectivity index (χ0v) is 15.1. The summed E-state index contributed by atoms with van der Waals surface area (Å²) in [4.78, 5) is 37.4. The molecule has 2 atom stereocenters. The highest BCUT2D eigenvalue weighted by Gasteiger charge is 2.34. The molecule has 0 spiro atoms. The summed E-state index contributed by atoms with van der Waals surface area (Å²) < 4.78 is 31.5. The fraction of sp³-hybridized carbons (Fsp3) is 0.643. The van der Waals surface area contributed by atoms with Crippen molar-refractivity contribution in [1.82, 2.24) is 19.2 Å².